The Morgan fingerprint density at radius 2 is 2.32 bits per heavy atom. The standard InChI is InChI=1S/C14H18N4O/c1-9-8-15-5-6-18(9)14(19)11-3-4-12-13(7-11)17-10(2)16-12/h3-4,7,9,15H,5-6,8H2,1-2H3,(H,16,17). The molecule has 3 rings (SSSR count). The van der Waals surface area contributed by atoms with Crippen LogP contribution in [0.1, 0.15) is 23.1 Å². The highest BCUT2D eigenvalue weighted by molar-refractivity contribution is 5.97. The summed E-state index contributed by atoms with van der Waals surface area (Å²) in [4.78, 5) is 22.0. The molecule has 2 N–H and O–H groups in total. The molecule has 1 aromatic carbocycles. The molecule has 1 aliphatic heterocycles. The first kappa shape index (κ1) is 12.2. The van der Waals surface area contributed by atoms with Gasteiger partial charge in [-0.05, 0) is 32.0 Å². The summed E-state index contributed by atoms with van der Waals surface area (Å²) in [6.45, 7) is 6.47. The Bertz CT molecular complexity index is 619. The van der Waals surface area contributed by atoms with E-state index in [0.717, 1.165) is 42.1 Å². The third-order valence-electron chi connectivity index (χ3n) is 3.61. The molecule has 2 heterocycles. The number of rotatable bonds is 1. The Labute approximate surface area is 112 Å². The molecule has 100 valence electrons. The number of H-pyrrole nitrogens is 1. The predicted molar refractivity (Wildman–Crippen MR) is 74.2 cm³/mol. The number of amides is 1. The maximum atomic E-state index is 12.5. The molecule has 2 aromatic rings. The molecule has 5 heteroatoms. The fourth-order valence-corrected chi connectivity index (χ4v) is 2.58. The van der Waals surface area contributed by atoms with Gasteiger partial charge in [-0.2, -0.15) is 0 Å². The summed E-state index contributed by atoms with van der Waals surface area (Å²) in [6.07, 6.45) is 0. The second-order valence-corrected chi connectivity index (χ2v) is 5.11. The average Bonchev–Trinajstić information content (AvgIpc) is 2.77. The first-order valence-corrected chi connectivity index (χ1v) is 6.63. The van der Waals surface area contributed by atoms with Gasteiger partial charge in [0.2, 0.25) is 0 Å². The number of imidazole rings is 1. The number of aromatic amines is 1. The highest BCUT2D eigenvalue weighted by Gasteiger charge is 2.24. The van der Waals surface area contributed by atoms with Gasteiger partial charge >= 0.3 is 0 Å². The summed E-state index contributed by atoms with van der Waals surface area (Å²) in [6, 6.07) is 5.89. The van der Waals surface area contributed by atoms with Crippen molar-refractivity contribution < 1.29 is 4.79 Å². The van der Waals surface area contributed by atoms with E-state index in [-0.39, 0.29) is 11.9 Å². The van der Waals surface area contributed by atoms with Crippen LogP contribution in [0.2, 0.25) is 0 Å². The van der Waals surface area contributed by atoms with Crippen molar-refractivity contribution in [1.29, 1.82) is 0 Å². The fourth-order valence-electron chi connectivity index (χ4n) is 2.58. The van der Waals surface area contributed by atoms with Crippen LogP contribution < -0.4 is 5.32 Å². The van der Waals surface area contributed by atoms with Gasteiger partial charge in [0.25, 0.3) is 5.91 Å². The summed E-state index contributed by atoms with van der Waals surface area (Å²) >= 11 is 0. The van der Waals surface area contributed by atoms with Crippen LogP contribution in [0.5, 0.6) is 0 Å². The van der Waals surface area contributed by atoms with Crippen LogP contribution in [-0.4, -0.2) is 46.5 Å². The van der Waals surface area contributed by atoms with Gasteiger partial charge in [-0.25, -0.2) is 4.98 Å². The second-order valence-electron chi connectivity index (χ2n) is 5.11. The first-order valence-electron chi connectivity index (χ1n) is 6.63. The van der Waals surface area contributed by atoms with Gasteiger partial charge in [0.05, 0.1) is 11.0 Å². The van der Waals surface area contributed by atoms with Gasteiger partial charge in [0.15, 0.2) is 0 Å². The van der Waals surface area contributed by atoms with Crippen molar-refractivity contribution in [2.45, 2.75) is 19.9 Å². The van der Waals surface area contributed by atoms with Crippen LogP contribution in [0.15, 0.2) is 18.2 Å². The van der Waals surface area contributed by atoms with Crippen LogP contribution in [-0.2, 0) is 0 Å². The van der Waals surface area contributed by atoms with Gasteiger partial charge < -0.3 is 15.2 Å². The zero-order chi connectivity index (χ0) is 13.4. The number of nitrogens with zero attached hydrogens (tertiary/aromatic N) is 2. The molecule has 1 saturated heterocycles. The smallest absolute Gasteiger partial charge is 0.254 e. The van der Waals surface area contributed by atoms with Gasteiger partial charge in [-0.15, -0.1) is 0 Å². The lowest BCUT2D eigenvalue weighted by Crippen LogP contribution is -2.52. The number of carbonyl (C=O) groups excluding carboxylic acids is 1. The summed E-state index contributed by atoms with van der Waals surface area (Å²) in [5, 5.41) is 3.29. The number of fused-ring (bicyclic) bond motifs is 1. The predicted octanol–water partition coefficient (Wildman–Crippen LogP) is 1.31. The van der Waals surface area contributed by atoms with E-state index in [1.165, 1.54) is 0 Å². The molecule has 19 heavy (non-hydrogen) atoms. The van der Waals surface area contributed by atoms with E-state index in [1.807, 2.05) is 30.0 Å². The first-order chi connectivity index (χ1) is 9.15. The van der Waals surface area contributed by atoms with E-state index in [4.69, 9.17) is 0 Å². The molecule has 1 aliphatic rings. The minimum absolute atomic E-state index is 0.100. The Hall–Kier alpha value is -1.88. The third-order valence-corrected chi connectivity index (χ3v) is 3.61. The van der Waals surface area contributed by atoms with Crippen molar-refractivity contribution >= 4 is 16.9 Å². The summed E-state index contributed by atoms with van der Waals surface area (Å²) < 4.78 is 0. The van der Waals surface area contributed by atoms with E-state index < -0.39 is 0 Å². The minimum atomic E-state index is 0.100. The topological polar surface area (TPSA) is 61.0 Å². The van der Waals surface area contributed by atoms with Gasteiger partial charge in [-0.3, -0.25) is 4.79 Å². The molecule has 1 amide bonds. The normalized spacial score (nSPS) is 19.9. The monoisotopic (exact) mass is 258 g/mol. The maximum absolute atomic E-state index is 12.5. The minimum Gasteiger partial charge on any atom is -0.342 e. The molecule has 0 saturated carbocycles. The molecular formula is C14H18N4O. The van der Waals surface area contributed by atoms with Crippen molar-refractivity contribution in [2.24, 2.45) is 0 Å². The SMILES string of the molecule is Cc1nc2ccc(C(=O)N3CCNCC3C)cc2[nH]1. The highest BCUT2D eigenvalue weighted by atomic mass is 16.2. The Kier molecular flexibility index (Phi) is 2.98. The Morgan fingerprint density at radius 3 is 3.11 bits per heavy atom. The highest BCUT2D eigenvalue weighted by Crippen LogP contribution is 2.16. The molecule has 1 unspecified atom stereocenters. The lowest BCUT2D eigenvalue weighted by molar-refractivity contribution is 0.0656. The van der Waals surface area contributed by atoms with Gasteiger partial charge in [0, 0.05) is 31.2 Å². The van der Waals surface area contributed by atoms with E-state index in [9.17, 15) is 4.79 Å². The van der Waals surface area contributed by atoms with Crippen molar-refractivity contribution in [2.75, 3.05) is 19.6 Å². The van der Waals surface area contributed by atoms with Crippen LogP contribution in [0.4, 0.5) is 0 Å². The van der Waals surface area contributed by atoms with Crippen molar-refractivity contribution in [3.8, 4) is 0 Å². The van der Waals surface area contributed by atoms with Crippen molar-refractivity contribution in [3.05, 3.63) is 29.6 Å². The molecule has 1 aromatic heterocycles. The largest absolute Gasteiger partial charge is 0.342 e. The molecule has 0 aliphatic carbocycles. The number of hydrogen-bond donors (Lipinski definition) is 2. The van der Waals surface area contributed by atoms with Crippen LogP contribution in [0.25, 0.3) is 11.0 Å². The fraction of sp³-hybridized carbons (Fsp3) is 0.429. The molecule has 0 radical (unpaired) electrons. The van der Waals surface area contributed by atoms with Crippen LogP contribution in [0.3, 0.4) is 0 Å². The number of benzene rings is 1. The number of piperazine rings is 1. The van der Waals surface area contributed by atoms with E-state index >= 15 is 0 Å². The van der Waals surface area contributed by atoms with Crippen LogP contribution >= 0.6 is 0 Å². The Balaban J connectivity index is 1.92. The third kappa shape index (κ3) is 2.21. The van der Waals surface area contributed by atoms with Crippen molar-refractivity contribution in [3.63, 3.8) is 0 Å². The molecule has 0 spiro atoms. The maximum Gasteiger partial charge on any atom is 0.254 e. The van der Waals surface area contributed by atoms with Gasteiger partial charge in [-0.1, -0.05) is 0 Å². The van der Waals surface area contributed by atoms with Crippen molar-refractivity contribution in [1.82, 2.24) is 20.2 Å². The molecule has 1 fully saturated rings. The van der Waals surface area contributed by atoms with E-state index in [0.29, 0.717) is 0 Å². The average molecular weight is 258 g/mol. The summed E-state index contributed by atoms with van der Waals surface area (Å²) in [5.74, 6) is 0.971. The van der Waals surface area contributed by atoms with E-state index in [1.54, 1.807) is 0 Å². The number of aromatic nitrogens is 2. The zero-order valence-corrected chi connectivity index (χ0v) is 11.2. The number of nitrogens with one attached hydrogen (secondary N) is 2. The quantitative estimate of drug-likeness (QED) is 0.810. The number of hydrogen-bond acceptors (Lipinski definition) is 3. The summed E-state index contributed by atoms with van der Waals surface area (Å²) in [7, 11) is 0. The zero-order valence-electron chi connectivity index (χ0n) is 11.2. The molecule has 1 atom stereocenters. The van der Waals surface area contributed by atoms with Crippen LogP contribution in [0, 0.1) is 6.92 Å². The van der Waals surface area contributed by atoms with Gasteiger partial charge in [0.1, 0.15) is 5.82 Å². The second kappa shape index (κ2) is 4.66. The number of aryl methyl sites for hydroxylation is 1. The summed E-state index contributed by atoms with van der Waals surface area (Å²) in [5.41, 5.74) is 2.55. The molecule has 5 nitrogen and oxygen atoms in total. The lowest BCUT2D eigenvalue weighted by Gasteiger charge is -2.34. The van der Waals surface area contributed by atoms with E-state index in [2.05, 4.69) is 22.2 Å². The lowest BCUT2D eigenvalue weighted by atomic mass is 10.1. The molecular weight excluding hydrogens is 240 g/mol. The number of carbonyl (C=O) groups is 1. The molecule has 0 bridgehead atoms. The Morgan fingerprint density at radius 1 is 1.47 bits per heavy atom.